The molecule has 2 N–H and O–H groups in total. The summed E-state index contributed by atoms with van der Waals surface area (Å²) in [6.45, 7) is 6.03. The van der Waals surface area contributed by atoms with E-state index < -0.39 is 0 Å². The molecule has 3 rings (SSSR count). The van der Waals surface area contributed by atoms with Crippen LogP contribution in [0.5, 0.6) is 0 Å². The third-order valence-electron chi connectivity index (χ3n) is 4.75. The predicted molar refractivity (Wildman–Crippen MR) is 110 cm³/mol. The Morgan fingerprint density at radius 2 is 1.81 bits per heavy atom. The van der Waals surface area contributed by atoms with Gasteiger partial charge in [0, 0.05) is 18.0 Å². The number of hydrogen-bond acceptors (Lipinski definition) is 2. The summed E-state index contributed by atoms with van der Waals surface area (Å²) in [5.74, 6) is -0.546. The number of aromatic nitrogens is 1. The van der Waals surface area contributed by atoms with Gasteiger partial charge in [-0.05, 0) is 55.7 Å². The molecule has 0 fully saturated rings. The number of aryl methyl sites for hydroxylation is 3. The molecule has 0 spiro atoms. The molecule has 0 atom stereocenters. The zero-order chi connectivity index (χ0) is 19.7. The first-order valence-corrected chi connectivity index (χ1v) is 9.05. The largest absolute Gasteiger partial charge is 0.350 e. The fraction of sp³-hybridized carbons (Fsp3) is 0.238. The summed E-state index contributed by atoms with van der Waals surface area (Å²) < 4.78 is 0. The van der Waals surface area contributed by atoms with E-state index in [1.54, 1.807) is 31.3 Å². The van der Waals surface area contributed by atoms with E-state index in [1.807, 2.05) is 19.9 Å². The molecule has 0 aliphatic rings. The van der Waals surface area contributed by atoms with Crippen molar-refractivity contribution in [2.75, 3.05) is 18.9 Å². The van der Waals surface area contributed by atoms with Crippen LogP contribution in [0.4, 0.5) is 5.69 Å². The Kier molecular flexibility index (Phi) is 5.24. The molecule has 0 aliphatic heterocycles. The minimum atomic E-state index is -0.307. The van der Waals surface area contributed by atoms with Crippen molar-refractivity contribution in [1.29, 1.82) is 0 Å². The third-order valence-corrected chi connectivity index (χ3v) is 5.08. The van der Waals surface area contributed by atoms with Crippen LogP contribution in [0, 0.1) is 20.8 Å². The van der Waals surface area contributed by atoms with Gasteiger partial charge in [0.05, 0.1) is 17.3 Å². The van der Waals surface area contributed by atoms with E-state index in [9.17, 15) is 9.59 Å². The highest BCUT2D eigenvalue weighted by molar-refractivity contribution is 6.33. The molecular formula is C21H22ClN3O2. The van der Waals surface area contributed by atoms with Gasteiger partial charge in [0.25, 0.3) is 5.91 Å². The SMILES string of the molecule is Cc1cc(C)c2cc(C(=O)N(C)CC(=O)Nc3ccccc3Cl)[nH]c2c1C. The lowest BCUT2D eigenvalue weighted by atomic mass is 10.0. The molecule has 0 unspecified atom stereocenters. The van der Waals surface area contributed by atoms with Crippen molar-refractivity contribution in [2.45, 2.75) is 20.8 Å². The number of carbonyl (C=O) groups is 2. The Hall–Kier alpha value is -2.79. The second-order valence-electron chi connectivity index (χ2n) is 6.80. The van der Waals surface area contributed by atoms with Crippen LogP contribution in [0.15, 0.2) is 36.4 Å². The number of hydrogen-bond donors (Lipinski definition) is 2. The zero-order valence-electron chi connectivity index (χ0n) is 15.8. The molecule has 140 valence electrons. The summed E-state index contributed by atoms with van der Waals surface area (Å²) in [5, 5.41) is 4.20. The van der Waals surface area contributed by atoms with Crippen LogP contribution < -0.4 is 5.32 Å². The van der Waals surface area contributed by atoms with E-state index in [4.69, 9.17) is 11.6 Å². The molecule has 2 aromatic carbocycles. The first-order chi connectivity index (χ1) is 12.8. The highest BCUT2D eigenvalue weighted by Crippen LogP contribution is 2.26. The lowest BCUT2D eigenvalue weighted by molar-refractivity contribution is -0.116. The molecule has 0 aliphatic carbocycles. The normalized spacial score (nSPS) is 10.9. The third kappa shape index (κ3) is 3.83. The van der Waals surface area contributed by atoms with Gasteiger partial charge in [-0.1, -0.05) is 29.8 Å². The second kappa shape index (κ2) is 7.45. The smallest absolute Gasteiger partial charge is 0.270 e. The van der Waals surface area contributed by atoms with Gasteiger partial charge >= 0.3 is 0 Å². The van der Waals surface area contributed by atoms with Crippen LogP contribution >= 0.6 is 11.6 Å². The summed E-state index contributed by atoms with van der Waals surface area (Å²) in [7, 11) is 1.60. The predicted octanol–water partition coefficient (Wildman–Crippen LogP) is 4.46. The molecular weight excluding hydrogens is 362 g/mol. The fourth-order valence-corrected chi connectivity index (χ4v) is 3.31. The molecule has 6 heteroatoms. The Balaban J connectivity index is 1.76. The number of fused-ring (bicyclic) bond motifs is 1. The maximum absolute atomic E-state index is 12.8. The van der Waals surface area contributed by atoms with Crippen LogP contribution in [0.2, 0.25) is 5.02 Å². The Bertz CT molecular complexity index is 1040. The number of para-hydroxylation sites is 1. The van der Waals surface area contributed by atoms with Crippen molar-refractivity contribution >= 4 is 40.0 Å². The van der Waals surface area contributed by atoms with Crippen LogP contribution in [0.1, 0.15) is 27.2 Å². The molecule has 1 heterocycles. The van der Waals surface area contributed by atoms with E-state index in [0.717, 1.165) is 22.0 Å². The van der Waals surface area contributed by atoms with Gasteiger partial charge in [0.15, 0.2) is 0 Å². The van der Waals surface area contributed by atoms with Gasteiger partial charge in [-0.3, -0.25) is 9.59 Å². The summed E-state index contributed by atoms with van der Waals surface area (Å²) in [6, 6.07) is 10.9. The van der Waals surface area contributed by atoms with E-state index in [0.29, 0.717) is 16.4 Å². The van der Waals surface area contributed by atoms with Crippen LogP contribution in [-0.4, -0.2) is 35.3 Å². The summed E-state index contributed by atoms with van der Waals surface area (Å²) in [6.07, 6.45) is 0. The topological polar surface area (TPSA) is 65.2 Å². The van der Waals surface area contributed by atoms with Crippen molar-refractivity contribution in [2.24, 2.45) is 0 Å². The number of amides is 2. The fourth-order valence-electron chi connectivity index (χ4n) is 3.13. The number of benzene rings is 2. The van der Waals surface area contributed by atoms with Gasteiger partial charge in [-0.15, -0.1) is 0 Å². The molecule has 5 nitrogen and oxygen atoms in total. The average molecular weight is 384 g/mol. The van der Waals surface area contributed by atoms with Crippen LogP contribution in [0.3, 0.4) is 0 Å². The van der Waals surface area contributed by atoms with Crippen molar-refractivity contribution in [3.8, 4) is 0 Å². The van der Waals surface area contributed by atoms with Crippen molar-refractivity contribution < 1.29 is 9.59 Å². The second-order valence-corrected chi connectivity index (χ2v) is 7.20. The number of halogens is 1. The van der Waals surface area contributed by atoms with Crippen LogP contribution in [-0.2, 0) is 4.79 Å². The number of nitrogens with zero attached hydrogens (tertiary/aromatic N) is 1. The summed E-state index contributed by atoms with van der Waals surface area (Å²) in [5.41, 5.74) is 5.36. The molecule has 0 radical (unpaired) electrons. The number of rotatable bonds is 4. The number of carbonyl (C=O) groups excluding carboxylic acids is 2. The van der Waals surface area contributed by atoms with Crippen molar-refractivity contribution in [1.82, 2.24) is 9.88 Å². The Morgan fingerprint density at radius 3 is 2.52 bits per heavy atom. The quantitative estimate of drug-likeness (QED) is 0.698. The van der Waals surface area contributed by atoms with Crippen molar-refractivity contribution in [3.05, 3.63) is 63.8 Å². The number of H-pyrrole nitrogens is 1. The molecule has 1 aromatic heterocycles. The monoisotopic (exact) mass is 383 g/mol. The molecule has 0 saturated heterocycles. The molecule has 0 saturated carbocycles. The van der Waals surface area contributed by atoms with Gasteiger partial charge in [0.2, 0.25) is 5.91 Å². The van der Waals surface area contributed by atoms with E-state index >= 15 is 0 Å². The van der Waals surface area contributed by atoms with Crippen molar-refractivity contribution in [3.63, 3.8) is 0 Å². The number of aromatic amines is 1. The lowest BCUT2D eigenvalue weighted by Gasteiger charge is -2.16. The van der Waals surface area contributed by atoms with Gasteiger partial charge in [0.1, 0.15) is 5.69 Å². The molecule has 0 bridgehead atoms. The van der Waals surface area contributed by atoms with E-state index in [1.165, 1.54) is 10.5 Å². The zero-order valence-corrected chi connectivity index (χ0v) is 16.6. The first kappa shape index (κ1) is 19.0. The number of likely N-dealkylation sites (N-methyl/N-ethyl adjacent to an activating group) is 1. The van der Waals surface area contributed by atoms with Gasteiger partial charge in [-0.25, -0.2) is 0 Å². The lowest BCUT2D eigenvalue weighted by Crippen LogP contribution is -2.35. The standard InChI is InChI=1S/C21H22ClN3O2/c1-12-9-13(2)15-10-18(24-20(15)14(12)3)21(27)25(4)11-19(26)23-17-8-6-5-7-16(17)22/h5-10,24H,11H2,1-4H3,(H,23,26). The summed E-state index contributed by atoms with van der Waals surface area (Å²) >= 11 is 6.05. The van der Waals surface area contributed by atoms with Gasteiger partial charge in [-0.2, -0.15) is 0 Å². The van der Waals surface area contributed by atoms with Gasteiger partial charge < -0.3 is 15.2 Å². The first-order valence-electron chi connectivity index (χ1n) is 8.67. The molecule has 2 amide bonds. The maximum atomic E-state index is 12.8. The Morgan fingerprint density at radius 1 is 1.11 bits per heavy atom. The molecule has 3 aromatic rings. The Labute approximate surface area is 163 Å². The van der Waals surface area contributed by atoms with E-state index in [2.05, 4.69) is 23.3 Å². The highest BCUT2D eigenvalue weighted by atomic mass is 35.5. The minimum absolute atomic E-state index is 0.0730. The number of anilines is 1. The van der Waals surface area contributed by atoms with Crippen LogP contribution in [0.25, 0.3) is 10.9 Å². The average Bonchev–Trinajstić information content (AvgIpc) is 3.07. The highest BCUT2D eigenvalue weighted by Gasteiger charge is 2.19. The number of nitrogens with one attached hydrogen (secondary N) is 2. The maximum Gasteiger partial charge on any atom is 0.270 e. The van der Waals surface area contributed by atoms with E-state index in [-0.39, 0.29) is 18.4 Å². The minimum Gasteiger partial charge on any atom is -0.350 e. The summed E-state index contributed by atoms with van der Waals surface area (Å²) in [4.78, 5) is 29.6. The molecule has 27 heavy (non-hydrogen) atoms.